The average Bonchev–Trinajstić information content (AvgIpc) is 2.96. The van der Waals surface area contributed by atoms with E-state index in [1.165, 1.54) is 11.8 Å². The normalized spacial score (nSPS) is 11.0. The van der Waals surface area contributed by atoms with Gasteiger partial charge in [-0.25, -0.2) is 0 Å². The van der Waals surface area contributed by atoms with Crippen LogP contribution in [0.25, 0.3) is 6.08 Å². The molecule has 4 rings (SSSR count). The molecule has 0 heterocycles. The second kappa shape index (κ2) is 14.4. The highest BCUT2D eigenvalue weighted by atomic mass is 35.5. The average molecular weight is 607 g/mol. The van der Waals surface area contributed by atoms with E-state index in [0.29, 0.717) is 38.3 Å². The predicted octanol–water partition coefficient (Wildman–Crippen LogP) is 7.14. The highest BCUT2D eigenvalue weighted by molar-refractivity contribution is 8.00. The zero-order valence-corrected chi connectivity index (χ0v) is 24.1. The van der Waals surface area contributed by atoms with Crippen molar-refractivity contribution in [2.45, 2.75) is 4.90 Å². The monoisotopic (exact) mass is 605 g/mol. The number of hydrogen-bond acceptors (Lipinski definition) is 5. The van der Waals surface area contributed by atoms with E-state index < -0.39 is 11.8 Å². The Morgan fingerprint density at radius 3 is 2.27 bits per heavy atom. The quantitative estimate of drug-likeness (QED) is 0.132. The summed E-state index contributed by atoms with van der Waals surface area (Å²) in [4.78, 5) is 39.5. The van der Waals surface area contributed by atoms with Gasteiger partial charge < -0.3 is 20.7 Å². The molecule has 208 valence electrons. The molecule has 0 aliphatic rings. The molecule has 0 spiro atoms. The van der Waals surface area contributed by atoms with Crippen molar-refractivity contribution in [3.63, 3.8) is 0 Å². The van der Waals surface area contributed by atoms with Gasteiger partial charge in [0.05, 0.1) is 12.9 Å². The van der Waals surface area contributed by atoms with Crippen molar-refractivity contribution >= 4 is 70.1 Å². The molecule has 0 aliphatic heterocycles. The molecule has 0 saturated carbocycles. The molecule has 0 aromatic heterocycles. The molecule has 0 unspecified atom stereocenters. The Hall–Kier alpha value is -4.24. The first-order chi connectivity index (χ1) is 19.8. The maximum atomic E-state index is 13.4. The molecular formula is C31H25Cl2N3O4S. The first kappa shape index (κ1) is 29.7. The van der Waals surface area contributed by atoms with Crippen LogP contribution < -0.4 is 20.7 Å². The highest BCUT2D eigenvalue weighted by Gasteiger charge is 2.16. The van der Waals surface area contributed by atoms with Gasteiger partial charge in [0.2, 0.25) is 5.91 Å². The number of amides is 3. The number of rotatable bonds is 10. The summed E-state index contributed by atoms with van der Waals surface area (Å²) >= 11 is 13.3. The lowest BCUT2D eigenvalue weighted by molar-refractivity contribution is -0.114. The van der Waals surface area contributed by atoms with Gasteiger partial charge >= 0.3 is 0 Å². The Kier molecular flexibility index (Phi) is 10.5. The number of thioether (sulfide) groups is 1. The van der Waals surface area contributed by atoms with E-state index in [1.54, 1.807) is 104 Å². The minimum Gasteiger partial charge on any atom is -0.497 e. The molecule has 3 amide bonds. The number of nitrogens with one attached hydrogen (secondary N) is 3. The van der Waals surface area contributed by atoms with Crippen LogP contribution in [0.3, 0.4) is 0 Å². The van der Waals surface area contributed by atoms with Gasteiger partial charge in [0.15, 0.2) is 0 Å². The molecule has 41 heavy (non-hydrogen) atoms. The Balaban J connectivity index is 1.46. The van der Waals surface area contributed by atoms with E-state index in [0.717, 1.165) is 4.90 Å². The molecule has 0 saturated heterocycles. The number of halogens is 2. The van der Waals surface area contributed by atoms with E-state index >= 15 is 0 Å². The van der Waals surface area contributed by atoms with Crippen molar-refractivity contribution in [1.29, 1.82) is 0 Å². The summed E-state index contributed by atoms with van der Waals surface area (Å²) in [5.41, 5.74) is 2.12. The van der Waals surface area contributed by atoms with Crippen molar-refractivity contribution in [3.8, 4) is 5.75 Å². The van der Waals surface area contributed by atoms with Crippen molar-refractivity contribution in [2.75, 3.05) is 23.5 Å². The van der Waals surface area contributed by atoms with Gasteiger partial charge in [-0.2, -0.15) is 0 Å². The summed E-state index contributed by atoms with van der Waals surface area (Å²) in [6.45, 7) is 0. The van der Waals surface area contributed by atoms with Crippen molar-refractivity contribution < 1.29 is 19.1 Å². The maximum Gasteiger partial charge on any atom is 0.272 e. The van der Waals surface area contributed by atoms with E-state index in [2.05, 4.69) is 16.0 Å². The van der Waals surface area contributed by atoms with Crippen LogP contribution in [-0.2, 0) is 9.59 Å². The van der Waals surface area contributed by atoms with Crippen LogP contribution >= 0.6 is 35.0 Å². The SMILES string of the molecule is COc1cccc(/C=C(\NC(=O)c2ccccc2)C(=O)Nc2cccc(SCC(=O)Nc3cc(Cl)cc(Cl)c3)c2)c1. The molecule has 0 atom stereocenters. The fourth-order valence-corrected chi connectivity index (χ4v) is 4.96. The second-order valence-corrected chi connectivity index (χ2v) is 10.6. The summed E-state index contributed by atoms with van der Waals surface area (Å²) in [5.74, 6) is -0.452. The van der Waals surface area contributed by atoms with Crippen LogP contribution in [0.2, 0.25) is 10.0 Å². The minimum atomic E-state index is -0.519. The molecule has 7 nitrogen and oxygen atoms in total. The number of hydrogen-bond donors (Lipinski definition) is 3. The fourth-order valence-electron chi connectivity index (χ4n) is 3.67. The lowest BCUT2D eigenvalue weighted by atomic mass is 10.1. The summed E-state index contributed by atoms with van der Waals surface area (Å²) in [6.07, 6.45) is 1.57. The molecular weight excluding hydrogens is 581 g/mol. The summed E-state index contributed by atoms with van der Waals surface area (Å²) < 4.78 is 5.28. The van der Waals surface area contributed by atoms with Gasteiger partial charge in [0, 0.05) is 31.9 Å². The van der Waals surface area contributed by atoms with Crippen molar-refractivity contribution in [3.05, 3.63) is 124 Å². The van der Waals surface area contributed by atoms with E-state index in [9.17, 15) is 14.4 Å². The molecule has 0 fully saturated rings. The number of carbonyl (C=O) groups excluding carboxylic acids is 3. The predicted molar refractivity (Wildman–Crippen MR) is 166 cm³/mol. The Morgan fingerprint density at radius 2 is 1.54 bits per heavy atom. The van der Waals surface area contributed by atoms with Gasteiger partial charge in [-0.3, -0.25) is 14.4 Å². The number of ether oxygens (including phenoxy) is 1. The van der Waals surface area contributed by atoms with Gasteiger partial charge in [-0.1, -0.05) is 59.6 Å². The van der Waals surface area contributed by atoms with Gasteiger partial charge in [-0.05, 0) is 72.3 Å². The van der Waals surface area contributed by atoms with Crippen LogP contribution in [0.15, 0.2) is 108 Å². The summed E-state index contributed by atoms with van der Waals surface area (Å²) in [7, 11) is 1.55. The lowest BCUT2D eigenvalue weighted by Gasteiger charge is -2.12. The molecule has 10 heteroatoms. The third-order valence-electron chi connectivity index (χ3n) is 5.54. The topological polar surface area (TPSA) is 96.5 Å². The standard InChI is InChI=1S/C31H25Cl2N3O4S/c1-40-26-11-5-7-20(13-26)14-28(36-30(38)21-8-3-2-4-9-21)31(39)35-24-10-6-12-27(18-24)41-19-29(37)34-25-16-22(32)15-23(33)17-25/h2-18H,19H2,1H3,(H,34,37)(H,35,39)(H,36,38)/b28-14-. The molecule has 0 aliphatic carbocycles. The second-order valence-electron chi connectivity index (χ2n) is 8.63. The van der Waals surface area contributed by atoms with Crippen LogP contribution in [0, 0.1) is 0 Å². The van der Waals surface area contributed by atoms with E-state index in [-0.39, 0.29) is 17.4 Å². The lowest BCUT2D eigenvalue weighted by Crippen LogP contribution is -2.30. The van der Waals surface area contributed by atoms with Crippen LogP contribution in [-0.4, -0.2) is 30.6 Å². The zero-order valence-electron chi connectivity index (χ0n) is 21.8. The minimum absolute atomic E-state index is 0.0460. The van der Waals surface area contributed by atoms with Crippen LogP contribution in [0.4, 0.5) is 11.4 Å². The third kappa shape index (κ3) is 9.14. The number of benzene rings is 4. The summed E-state index contributed by atoms with van der Waals surface area (Å²) in [6, 6.07) is 27.6. The van der Waals surface area contributed by atoms with Crippen molar-refractivity contribution in [2.24, 2.45) is 0 Å². The highest BCUT2D eigenvalue weighted by Crippen LogP contribution is 2.25. The van der Waals surface area contributed by atoms with Gasteiger partial charge in [-0.15, -0.1) is 11.8 Å². The molecule has 4 aromatic rings. The summed E-state index contributed by atoms with van der Waals surface area (Å²) in [5, 5.41) is 9.15. The number of anilines is 2. The maximum absolute atomic E-state index is 13.4. The first-order valence-electron chi connectivity index (χ1n) is 12.3. The zero-order chi connectivity index (χ0) is 29.2. The number of methoxy groups -OCH3 is 1. The molecule has 0 bridgehead atoms. The third-order valence-corrected chi connectivity index (χ3v) is 6.97. The molecule has 3 N–H and O–H groups in total. The number of carbonyl (C=O) groups is 3. The Morgan fingerprint density at radius 1 is 0.805 bits per heavy atom. The molecule has 0 radical (unpaired) electrons. The van der Waals surface area contributed by atoms with E-state index in [1.807, 2.05) is 6.07 Å². The first-order valence-corrected chi connectivity index (χ1v) is 14.1. The Labute approximate surface area is 251 Å². The van der Waals surface area contributed by atoms with Crippen LogP contribution in [0.1, 0.15) is 15.9 Å². The van der Waals surface area contributed by atoms with Crippen LogP contribution in [0.5, 0.6) is 5.75 Å². The fraction of sp³-hybridized carbons (Fsp3) is 0.0645. The van der Waals surface area contributed by atoms with Gasteiger partial charge in [0.1, 0.15) is 11.4 Å². The smallest absolute Gasteiger partial charge is 0.272 e. The molecule has 4 aromatic carbocycles. The van der Waals surface area contributed by atoms with Crippen molar-refractivity contribution in [1.82, 2.24) is 5.32 Å². The van der Waals surface area contributed by atoms with E-state index in [4.69, 9.17) is 27.9 Å². The largest absolute Gasteiger partial charge is 0.497 e. The van der Waals surface area contributed by atoms with Gasteiger partial charge in [0.25, 0.3) is 11.8 Å². The Bertz CT molecular complexity index is 1580.